The second-order valence-corrected chi connectivity index (χ2v) is 23.8. The fourth-order valence-electron chi connectivity index (χ4n) is 13.8. The summed E-state index contributed by atoms with van der Waals surface area (Å²) in [5, 5.41) is 62.1. The largest absolute Gasteiger partial charge is 0.490 e. The highest BCUT2D eigenvalue weighted by atomic mass is 16.5. The molecule has 3 aliphatic carbocycles. The zero-order valence-electron chi connectivity index (χ0n) is 51.2. The van der Waals surface area contributed by atoms with Gasteiger partial charge < -0.3 is 49.9 Å². The Hall–Kier alpha value is -9.58. The standard InChI is InChI=1S/C26H26N4O4.C16H21N3O2.C16H18N2O.C11H11NO3/c1-15(2)33-22-9-7-17(12-18(22)14-27)26-28-25(29-34-26)21-5-3-4-20-19(21)8-6-16-13-23(32)30(10-11-31)24(16)20;1-2-8-19-14(20)9-10-6-7-11-12(15(10)19)4-3-5-13(11)16(17)18-21;1-2-8-18-15(19)9-11-6-7-13-12(10-17)4-3-5-14(13)16(11)18;1-7(2)15-10-4-3-8(11(13)14)5-9(10)6-12/h3-5,7,9,12,15-16,24,31H,6,8,10-11,13H2,1-2H3;3-5,10,15,21H,2,6-9H2,1H3,(H2,17,18);3-5,11,16H,2,6-9H2,1H3;3-5,7H,1-2H3,(H,13,14). The SMILES string of the molecule is CC(C)Oc1ccc(-c2nc(-c3cccc4c3CCC3CC(=O)N(CCO)C43)no2)cc1C#N.CC(C)Oc1ccc(C(=O)O)cc1C#N.CCCN1C(=O)CC2CCc3c(C#N)cccc3C21.CCCN1C(=O)CC2CCc3c(C(N)=NO)cccc3C21. The molecular formula is C69H76N10O10. The summed E-state index contributed by atoms with van der Waals surface area (Å²) in [5.74, 6) is 2.58. The highest BCUT2D eigenvalue weighted by Crippen LogP contribution is 2.49. The van der Waals surface area contributed by atoms with Crippen molar-refractivity contribution in [2.45, 2.75) is 143 Å². The van der Waals surface area contributed by atoms with E-state index in [0.717, 1.165) is 97.8 Å². The van der Waals surface area contributed by atoms with Crippen molar-refractivity contribution >= 4 is 29.5 Å². The number of nitrogens with zero attached hydrogens (tertiary/aromatic N) is 9. The first-order valence-corrected chi connectivity index (χ1v) is 30.7. The number of nitrogens with two attached hydrogens (primary N) is 1. The first-order chi connectivity index (χ1) is 43.0. The van der Waals surface area contributed by atoms with Gasteiger partial charge in [0.1, 0.15) is 23.6 Å². The number of aromatic carboxylic acids is 1. The average Bonchev–Trinajstić information content (AvgIpc) is 1.75. The van der Waals surface area contributed by atoms with Crippen molar-refractivity contribution in [1.29, 1.82) is 15.8 Å². The molecule has 3 fully saturated rings. The Bertz CT molecular complexity index is 3780. The van der Waals surface area contributed by atoms with E-state index >= 15 is 0 Å². The summed E-state index contributed by atoms with van der Waals surface area (Å²) in [6, 6.07) is 34.0. The fourth-order valence-corrected chi connectivity index (χ4v) is 13.8. The lowest BCUT2D eigenvalue weighted by Gasteiger charge is -2.34. The highest BCUT2D eigenvalue weighted by Gasteiger charge is 2.46. The number of hydrogen-bond donors (Lipinski definition) is 4. The van der Waals surface area contributed by atoms with Crippen LogP contribution in [0, 0.1) is 51.7 Å². The van der Waals surface area contributed by atoms with Gasteiger partial charge in [0.05, 0.1) is 65.3 Å². The molecule has 3 aliphatic heterocycles. The molecule has 0 radical (unpaired) electrons. The molecule has 20 nitrogen and oxygen atoms in total. The Labute approximate surface area is 518 Å². The first-order valence-electron chi connectivity index (χ1n) is 30.7. The Balaban J connectivity index is 0.000000149. The van der Waals surface area contributed by atoms with E-state index in [9.17, 15) is 34.8 Å². The van der Waals surface area contributed by atoms with Gasteiger partial charge in [-0.2, -0.15) is 20.8 Å². The second kappa shape index (κ2) is 28.5. The molecule has 0 saturated carbocycles. The molecule has 5 aromatic carbocycles. The number of carboxylic acid groups (broad SMARTS) is 1. The van der Waals surface area contributed by atoms with Crippen LogP contribution in [0.3, 0.4) is 0 Å². The van der Waals surface area contributed by atoms with Crippen LogP contribution < -0.4 is 15.2 Å². The number of likely N-dealkylation sites (tertiary alicyclic amines) is 3. The van der Waals surface area contributed by atoms with E-state index in [0.29, 0.717) is 72.0 Å². The van der Waals surface area contributed by atoms with E-state index in [2.05, 4.69) is 59.5 Å². The number of hydrogen-bond acceptors (Lipinski definition) is 15. The molecule has 89 heavy (non-hydrogen) atoms. The maximum absolute atomic E-state index is 12.5. The van der Waals surface area contributed by atoms with Crippen LogP contribution in [0.15, 0.2) is 101 Å². The number of carbonyl (C=O) groups excluding carboxylic acids is 3. The summed E-state index contributed by atoms with van der Waals surface area (Å²) in [4.78, 5) is 58.1. The minimum atomic E-state index is -1.05. The summed E-state index contributed by atoms with van der Waals surface area (Å²) in [6.07, 6.45) is 9.29. The topological polar surface area (TPSA) is 306 Å². The van der Waals surface area contributed by atoms with E-state index < -0.39 is 5.97 Å². The van der Waals surface area contributed by atoms with Crippen molar-refractivity contribution in [3.8, 4) is 52.5 Å². The molecule has 5 N–H and O–H groups in total. The van der Waals surface area contributed by atoms with Crippen molar-refractivity contribution < 1.29 is 48.6 Å². The maximum atomic E-state index is 12.5. The van der Waals surface area contributed by atoms with Crippen molar-refractivity contribution in [3.05, 3.63) is 152 Å². The number of β-amino-alcohol motifs (C(OH)–C–C–N with tert-alkyl or cyclic N) is 1. The van der Waals surface area contributed by atoms with Gasteiger partial charge in [0.2, 0.25) is 23.5 Å². The van der Waals surface area contributed by atoms with Gasteiger partial charge in [0, 0.05) is 55.6 Å². The Morgan fingerprint density at radius 2 is 1.15 bits per heavy atom. The number of carboxylic acids is 1. The third-order valence-corrected chi connectivity index (χ3v) is 17.4. The molecule has 6 aliphatic rings. The molecule has 12 rings (SSSR count). The number of aliphatic hydroxyl groups excluding tert-OH is 1. The summed E-state index contributed by atoms with van der Waals surface area (Å²) >= 11 is 0. The third-order valence-electron chi connectivity index (χ3n) is 17.4. The smallest absolute Gasteiger partial charge is 0.335 e. The van der Waals surface area contributed by atoms with Gasteiger partial charge in [-0.3, -0.25) is 14.4 Å². The first kappa shape index (κ1) is 63.9. The number of oxime groups is 1. The van der Waals surface area contributed by atoms with E-state index in [1.165, 1.54) is 34.9 Å². The van der Waals surface area contributed by atoms with Crippen molar-refractivity contribution in [1.82, 2.24) is 24.8 Å². The number of nitriles is 3. The van der Waals surface area contributed by atoms with Crippen LogP contribution in [-0.4, -0.2) is 108 Å². The molecule has 6 unspecified atom stereocenters. The monoisotopic (exact) mass is 1200 g/mol. The van der Waals surface area contributed by atoms with Gasteiger partial charge in [0.25, 0.3) is 5.89 Å². The zero-order chi connectivity index (χ0) is 63.6. The predicted octanol–water partition coefficient (Wildman–Crippen LogP) is 10.8. The maximum Gasteiger partial charge on any atom is 0.335 e. The van der Waals surface area contributed by atoms with Crippen molar-refractivity contribution in [2.75, 3.05) is 26.2 Å². The van der Waals surface area contributed by atoms with Gasteiger partial charge in [0.15, 0.2) is 5.84 Å². The molecule has 462 valence electrons. The quantitative estimate of drug-likeness (QED) is 0.0341. The summed E-state index contributed by atoms with van der Waals surface area (Å²) in [5.41, 5.74) is 16.5. The van der Waals surface area contributed by atoms with Gasteiger partial charge in [-0.1, -0.05) is 72.7 Å². The Morgan fingerprint density at radius 3 is 1.66 bits per heavy atom. The third kappa shape index (κ3) is 13.6. The molecule has 1 aromatic heterocycles. The normalized spacial score (nSPS) is 20.1. The molecule has 3 saturated heterocycles. The summed E-state index contributed by atoms with van der Waals surface area (Å²) in [6.45, 7) is 13.6. The molecule has 6 aromatic rings. The molecule has 6 atom stereocenters. The molecule has 0 bridgehead atoms. The number of aromatic nitrogens is 2. The Kier molecular flexibility index (Phi) is 20.5. The molecule has 3 amide bonds. The minimum Gasteiger partial charge on any atom is -0.490 e. The van der Waals surface area contributed by atoms with Gasteiger partial charge in [-0.15, -0.1) is 0 Å². The fraction of sp³-hybridized carbons (Fsp3) is 0.420. The number of ether oxygens (including phenoxy) is 2. The van der Waals surface area contributed by atoms with Gasteiger partial charge in [-0.05, 0) is 173 Å². The minimum absolute atomic E-state index is 0.0265. The lowest BCUT2D eigenvalue weighted by atomic mass is 9.78. The van der Waals surface area contributed by atoms with Crippen LogP contribution in [0.2, 0.25) is 0 Å². The van der Waals surface area contributed by atoms with Crippen LogP contribution in [0.5, 0.6) is 11.5 Å². The number of aliphatic hydroxyl groups is 1. The van der Waals surface area contributed by atoms with Crippen LogP contribution in [0.25, 0.3) is 22.8 Å². The number of amides is 3. The molecule has 0 spiro atoms. The molecule has 4 heterocycles. The number of carbonyl (C=O) groups is 4. The highest BCUT2D eigenvalue weighted by molar-refractivity contribution is 5.99. The average molecular weight is 1210 g/mol. The lowest BCUT2D eigenvalue weighted by molar-refractivity contribution is -0.130. The second-order valence-electron chi connectivity index (χ2n) is 23.8. The van der Waals surface area contributed by atoms with E-state index in [1.54, 1.807) is 23.1 Å². The van der Waals surface area contributed by atoms with Crippen molar-refractivity contribution in [2.24, 2.45) is 28.6 Å². The number of amidine groups is 1. The predicted molar refractivity (Wildman–Crippen MR) is 330 cm³/mol. The van der Waals surface area contributed by atoms with E-state index in [1.807, 2.05) is 80.0 Å². The lowest BCUT2D eigenvalue weighted by Crippen LogP contribution is -2.33. The zero-order valence-corrected chi connectivity index (χ0v) is 51.2. The Morgan fingerprint density at radius 1 is 0.663 bits per heavy atom. The number of rotatable bonds is 14. The summed E-state index contributed by atoms with van der Waals surface area (Å²) in [7, 11) is 0. The van der Waals surface area contributed by atoms with E-state index in [4.69, 9.17) is 35.3 Å². The van der Waals surface area contributed by atoms with Gasteiger partial charge >= 0.3 is 5.97 Å². The van der Waals surface area contributed by atoms with E-state index in [-0.39, 0.29) is 77.5 Å². The van der Waals surface area contributed by atoms with Crippen molar-refractivity contribution in [3.63, 3.8) is 0 Å². The number of fused-ring (bicyclic) bond motifs is 9. The van der Waals surface area contributed by atoms with Crippen LogP contribution >= 0.6 is 0 Å². The summed E-state index contributed by atoms with van der Waals surface area (Å²) < 4.78 is 16.6. The van der Waals surface area contributed by atoms with Crippen LogP contribution in [0.4, 0.5) is 0 Å². The van der Waals surface area contributed by atoms with Crippen LogP contribution in [0.1, 0.15) is 177 Å². The molecule has 20 heteroatoms. The molecular weight excluding hydrogens is 1130 g/mol. The van der Waals surface area contributed by atoms with Crippen LogP contribution in [-0.2, 0) is 33.6 Å². The number of benzene rings is 5. The van der Waals surface area contributed by atoms with Gasteiger partial charge in [-0.25, -0.2) is 4.79 Å².